The fourth-order valence-electron chi connectivity index (χ4n) is 1.77. The second-order valence-corrected chi connectivity index (χ2v) is 4.28. The van der Waals surface area contributed by atoms with E-state index in [-0.39, 0.29) is 5.69 Å². The normalized spacial score (nSPS) is 10.2. The van der Waals surface area contributed by atoms with Crippen molar-refractivity contribution in [1.29, 1.82) is 0 Å². The molecule has 0 spiro atoms. The summed E-state index contributed by atoms with van der Waals surface area (Å²) >= 11 is 0. The van der Waals surface area contributed by atoms with Crippen molar-refractivity contribution in [2.24, 2.45) is 14.1 Å². The van der Waals surface area contributed by atoms with Crippen molar-refractivity contribution in [2.75, 3.05) is 0 Å². The number of nitrogens with zero attached hydrogens (tertiary/aromatic N) is 2. The fraction of sp³-hybridized carbons (Fsp3) is 0.500. The molecule has 1 aromatic carbocycles. The molecule has 3 nitrogen and oxygen atoms in total. The molecule has 17 heavy (non-hydrogen) atoms. The van der Waals surface area contributed by atoms with Gasteiger partial charge in [-0.15, -0.1) is 0 Å². The van der Waals surface area contributed by atoms with Gasteiger partial charge in [0, 0.05) is 14.1 Å². The number of hydrogen-bond acceptors (Lipinski definition) is 1. The van der Waals surface area contributed by atoms with Crippen molar-refractivity contribution in [1.82, 2.24) is 9.13 Å². The number of imidazole rings is 1. The van der Waals surface area contributed by atoms with Gasteiger partial charge in [-0.3, -0.25) is 9.13 Å². The van der Waals surface area contributed by atoms with Crippen molar-refractivity contribution >= 4 is 11.0 Å². The molecule has 0 fully saturated rings. The molecule has 0 aliphatic rings. The highest BCUT2D eigenvalue weighted by Crippen LogP contribution is 2.13. The van der Waals surface area contributed by atoms with Crippen LogP contribution in [0.1, 0.15) is 32.8 Å². The average molecular weight is 234 g/mol. The Hall–Kier alpha value is -1.51. The summed E-state index contributed by atoms with van der Waals surface area (Å²) in [6, 6.07) is 6.16. The standard InChI is InChI=1S/C11H14N2O.C3H8/c1-4-8-5-6-9-10(7-8)13(3)11(14)12(9)2;1-3-2/h5-7H,4H2,1-3H3;3H2,1-2H3. The van der Waals surface area contributed by atoms with Crippen molar-refractivity contribution in [3.05, 3.63) is 34.2 Å². The third-order valence-electron chi connectivity index (χ3n) is 2.74. The van der Waals surface area contributed by atoms with Gasteiger partial charge in [-0.2, -0.15) is 0 Å². The van der Waals surface area contributed by atoms with E-state index in [0.29, 0.717) is 0 Å². The molecule has 0 unspecified atom stereocenters. The minimum atomic E-state index is 0.0354. The lowest BCUT2D eigenvalue weighted by Gasteiger charge is -1.98. The number of fused-ring (bicyclic) bond motifs is 1. The second-order valence-electron chi connectivity index (χ2n) is 4.28. The molecule has 94 valence electrons. The predicted molar refractivity (Wildman–Crippen MR) is 73.5 cm³/mol. The summed E-state index contributed by atoms with van der Waals surface area (Å²) in [5.74, 6) is 0. The van der Waals surface area contributed by atoms with Gasteiger partial charge in [-0.05, 0) is 24.1 Å². The number of hydrogen-bond donors (Lipinski definition) is 0. The monoisotopic (exact) mass is 234 g/mol. The maximum atomic E-state index is 11.6. The van der Waals surface area contributed by atoms with Crippen LogP contribution >= 0.6 is 0 Å². The van der Waals surface area contributed by atoms with Crippen LogP contribution in [0, 0.1) is 0 Å². The lowest BCUT2D eigenvalue weighted by atomic mass is 10.1. The van der Waals surface area contributed by atoms with E-state index in [1.165, 1.54) is 12.0 Å². The molecule has 3 heteroatoms. The van der Waals surface area contributed by atoms with E-state index < -0.39 is 0 Å². The van der Waals surface area contributed by atoms with Gasteiger partial charge in [0.15, 0.2) is 0 Å². The van der Waals surface area contributed by atoms with E-state index in [2.05, 4.69) is 32.9 Å². The smallest absolute Gasteiger partial charge is 0.295 e. The van der Waals surface area contributed by atoms with Crippen molar-refractivity contribution in [2.45, 2.75) is 33.6 Å². The van der Waals surface area contributed by atoms with E-state index in [9.17, 15) is 4.79 Å². The molecule has 0 saturated heterocycles. The Morgan fingerprint density at radius 3 is 2.06 bits per heavy atom. The highest BCUT2D eigenvalue weighted by Gasteiger charge is 2.06. The first-order valence-electron chi connectivity index (χ1n) is 6.21. The summed E-state index contributed by atoms with van der Waals surface area (Å²) in [6.45, 7) is 6.36. The van der Waals surface area contributed by atoms with E-state index >= 15 is 0 Å². The van der Waals surface area contributed by atoms with Crippen LogP contribution in [0.2, 0.25) is 0 Å². The van der Waals surface area contributed by atoms with Gasteiger partial charge in [0.2, 0.25) is 0 Å². The Bertz CT molecular complexity index is 549. The van der Waals surface area contributed by atoms with Crippen LogP contribution in [-0.4, -0.2) is 9.13 Å². The minimum Gasteiger partial charge on any atom is -0.295 e. The summed E-state index contributed by atoms with van der Waals surface area (Å²) in [4.78, 5) is 11.6. The minimum absolute atomic E-state index is 0.0354. The quantitative estimate of drug-likeness (QED) is 0.745. The van der Waals surface area contributed by atoms with E-state index in [1.54, 1.807) is 16.2 Å². The molecule has 0 aliphatic heterocycles. The highest BCUT2D eigenvalue weighted by molar-refractivity contribution is 5.76. The summed E-state index contributed by atoms with van der Waals surface area (Å²) < 4.78 is 3.36. The Labute approximate surface area is 103 Å². The summed E-state index contributed by atoms with van der Waals surface area (Å²) in [6.07, 6.45) is 2.25. The number of aryl methyl sites for hydroxylation is 3. The number of rotatable bonds is 1. The molecule has 0 saturated carbocycles. The van der Waals surface area contributed by atoms with Gasteiger partial charge >= 0.3 is 5.69 Å². The van der Waals surface area contributed by atoms with Crippen molar-refractivity contribution < 1.29 is 0 Å². The first kappa shape index (κ1) is 13.6. The number of aromatic nitrogens is 2. The zero-order chi connectivity index (χ0) is 13.0. The molecule has 0 aliphatic carbocycles. The Balaban J connectivity index is 0.000000437. The summed E-state index contributed by atoms with van der Waals surface area (Å²) in [5, 5.41) is 0. The lowest BCUT2D eigenvalue weighted by Crippen LogP contribution is -2.19. The van der Waals surface area contributed by atoms with E-state index in [1.807, 2.05) is 13.1 Å². The molecule has 0 N–H and O–H groups in total. The molecule has 2 rings (SSSR count). The van der Waals surface area contributed by atoms with Crippen molar-refractivity contribution in [3.8, 4) is 0 Å². The lowest BCUT2D eigenvalue weighted by molar-refractivity contribution is 0.795. The Morgan fingerprint density at radius 1 is 1.00 bits per heavy atom. The van der Waals surface area contributed by atoms with Gasteiger partial charge < -0.3 is 0 Å². The third-order valence-corrected chi connectivity index (χ3v) is 2.74. The molecule has 0 bridgehead atoms. The van der Waals surface area contributed by atoms with Gasteiger partial charge in [-0.1, -0.05) is 33.3 Å². The van der Waals surface area contributed by atoms with Crippen LogP contribution in [0.3, 0.4) is 0 Å². The zero-order valence-corrected chi connectivity index (χ0v) is 11.4. The number of benzene rings is 1. The Morgan fingerprint density at radius 2 is 1.53 bits per heavy atom. The summed E-state index contributed by atoms with van der Waals surface area (Å²) in [5.41, 5.74) is 3.30. The Kier molecular flexibility index (Phi) is 4.55. The van der Waals surface area contributed by atoms with E-state index in [0.717, 1.165) is 17.5 Å². The predicted octanol–water partition coefficient (Wildman–Crippen LogP) is 2.86. The molecular formula is C14H22N2O. The zero-order valence-electron chi connectivity index (χ0n) is 11.4. The highest BCUT2D eigenvalue weighted by atomic mass is 16.1. The molecule has 0 amide bonds. The molecular weight excluding hydrogens is 212 g/mol. The van der Waals surface area contributed by atoms with Crippen LogP contribution in [0.15, 0.2) is 23.0 Å². The van der Waals surface area contributed by atoms with Crippen molar-refractivity contribution in [3.63, 3.8) is 0 Å². The largest absolute Gasteiger partial charge is 0.328 e. The first-order chi connectivity index (χ1) is 8.06. The van der Waals surface area contributed by atoms with Gasteiger partial charge in [0.1, 0.15) is 0 Å². The molecule has 0 radical (unpaired) electrons. The molecule has 0 atom stereocenters. The first-order valence-corrected chi connectivity index (χ1v) is 6.21. The van der Waals surface area contributed by atoms with Gasteiger partial charge in [0.05, 0.1) is 11.0 Å². The van der Waals surface area contributed by atoms with Crippen LogP contribution < -0.4 is 5.69 Å². The van der Waals surface area contributed by atoms with Gasteiger partial charge in [0.25, 0.3) is 0 Å². The van der Waals surface area contributed by atoms with Crippen LogP contribution in [0.5, 0.6) is 0 Å². The maximum Gasteiger partial charge on any atom is 0.328 e. The topological polar surface area (TPSA) is 26.9 Å². The second kappa shape index (κ2) is 5.71. The molecule has 1 aromatic heterocycles. The molecule has 2 aromatic rings. The van der Waals surface area contributed by atoms with Crippen LogP contribution in [-0.2, 0) is 20.5 Å². The molecule has 1 heterocycles. The third kappa shape index (κ3) is 2.60. The van der Waals surface area contributed by atoms with Gasteiger partial charge in [-0.25, -0.2) is 4.79 Å². The maximum absolute atomic E-state index is 11.6. The van der Waals surface area contributed by atoms with E-state index in [4.69, 9.17) is 0 Å². The van der Waals surface area contributed by atoms with Crippen LogP contribution in [0.4, 0.5) is 0 Å². The van der Waals surface area contributed by atoms with Crippen LogP contribution in [0.25, 0.3) is 11.0 Å². The summed E-state index contributed by atoms with van der Waals surface area (Å²) in [7, 11) is 3.61. The SMILES string of the molecule is CCC.CCc1ccc2c(c1)n(C)c(=O)n2C. The fourth-order valence-corrected chi connectivity index (χ4v) is 1.77. The average Bonchev–Trinajstić information content (AvgIpc) is 2.55.